The second kappa shape index (κ2) is 22.0. The molecule has 0 amide bonds. The quantitative estimate of drug-likeness (QED) is 0.0737. The van der Waals surface area contributed by atoms with Gasteiger partial charge in [0, 0.05) is 13.2 Å². The van der Waals surface area contributed by atoms with Crippen LogP contribution < -0.4 is 8.67 Å². The molecule has 6 nitrogen and oxygen atoms in total. The van der Waals surface area contributed by atoms with Gasteiger partial charge in [-0.25, -0.2) is 0 Å². The average Bonchev–Trinajstić information content (AvgIpc) is 3.23. The van der Waals surface area contributed by atoms with Crippen molar-refractivity contribution in [3.63, 3.8) is 0 Å². The first kappa shape index (κ1) is 52.0. The Balaban J connectivity index is 0.00000115. The van der Waals surface area contributed by atoms with Crippen LogP contribution in [0, 0.1) is 0 Å². The molecule has 0 unspecified atom stereocenters. The molecule has 1 fully saturated rings. The van der Waals surface area contributed by atoms with Crippen LogP contribution >= 0.6 is 12.4 Å². The van der Waals surface area contributed by atoms with Gasteiger partial charge in [0.15, 0.2) is 0 Å². The maximum absolute atomic E-state index is 11.8. The molecule has 1 aliphatic rings. The molecule has 0 radical (unpaired) electrons. The molecule has 1 heterocycles. The Kier molecular flexibility index (Phi) is 18.2. The van der Waals surface area contributed by atoms with Crippen molar-refractivity contribution in [2.75, 3.05) is 18.7 Å². The summed E-state index contributed by atoms with van der Waals surface area (Å²) in [5, 5.41) is 23.6. The third kappa shape index (κ3) is 13.7. The van der Waals surface area contributed by atoms with E-state index in [1.807, 2.05) is 18.2 Å². The molecule has 0 aliphatic carbocycles. The van der Waals surface area contributed by atoms with Gasteiger partial charge in [-0.15, -0.1) is 12.4 Å². The van der Waals surface area contributed by atoms with E-state index < -0.39 is 19.9 Å². The second-order valence-corrected chi connectivity index (χ2v) is 23.1. The molecule has 0 spiro atoms. The van der Waals surface area contributed by atoms with E-state index >= 15 is 0 Å². The van der Waals surface area contributed by atoms with Crippen LogP contribution in [0.1, 0.15) is 152 Å². The third-order valence-electron chi connectivity index (χ3n) is 11.6. The van der Waals surface area contributed by atoms with Crippen molar-refractivity contribution in [1.29, 1.82) is 0 Å². The zero-order chi connectivity index (χ0) is 45.3. The number of aromatic hydroxyl groups is 2. The van der Waals surface area contributed by atoms with Crippen molar-refractivity contribution in [3.8, 4) is 11.5 Å². The first-order valence-electron chi connectivity index (χ1n) is 22.4. The number of rotatable bonds is 12. The van der Waals surface area contributed by atoms with E-state index in [2.05, 4.69) is 189 Å². The molecule has 5 aromatic rings. The number of phenolic OH excluding ortho intramolecular Hbond substituents is 2. The van der Waals surface area contributed by atoms with Gasteiger partial charge in [0.05, 0.1) is 0 Å². The van der Waals surface area contributed by atoms with Crippen LogP contribution in [0.2, 0.25) is 0 Å². The summed E-state index contributed by atoms with van der Waals surface area (Å²) in [6.45, 7) is 29.1. The molecule has 0 atom stereocenters. The van der Waals surface area contributed by atoms with Crippen LogP contribution in [0.25, 0.3) is 0 Å². The molecule has 0 bridgehead atoms. The van der Waals surface area contributed by atoms with Crippen LogP contribution in [-0.2, 0) is 64.2 Å². The Morgan fingerprint density at radius 3 is 1.11 bits per heavy atom. The van der Waals surface area contributed by atoms with Crippen LogP contribution in [-0.4, -0.2) is 28.9 Å². The molecular weight excluding hydrogens is 843 g/mol. The molecule has 1 saturated heterocycles. The molecule has 0 aromatic heterocycles. The predicted octanol–water partition coefficient (Wildman–Crippen LogP) is 13.2. The predicted molar refractivity (Wildman–Crippen MR) is 262 cm³/mol. The minimum atomic E-state index is -1.79. The van der Waals surface area contributed by atoms with Gasteiger partial charge in [-0.3, -0.25) is 0 Å². The smallest absolute Gasteiger partial charge is 0.147 e. The summed E-state index contributed by atoms with van der Waals surface area (Å²) in [7, 11) is 0. The zero-order valence-electron chi connectivity index (χ0n) is 40.1. The van der Waals surface area contributed by atoms with Gasteiger partial charge >= 0.3 is 344 Å². The number of benzene rings is 5. The number of hydrogen-bond donors (Lipinski definition) is 4. The van der Waals surface area contributed by atoms with Gasteiger partial charge in [0.2, 0.25) is 0 Å². The molecule has 5 aromatic carbocycles. The zero-order valence-corrected chi connectivity index (χ0v) is 42.1. The summed E-state index contributed by atoms with van der Waals surface area (Å²) >= 11 is -1.79. The first-order valence-corrected chi connectivity index (χ1v) is 24.4. The molecule has 344 valence electrons. The number of halogens is 1. The van der Waals surface area contributed by atoms with E-state index in [1.165, 1.54) is 30.4 Å². The fourth-order valence-corrected chi connectivity index (χ4v) is 9.46. The topological polar surface area (TPSA) is 83.0 Å². The van der Waals surface area contributed by atoms with Crippen molar-refractivity contribution < 1.29 is 34.0 Å². The minimum absolute atomic E-state index is 0. The maximum Gasteiger partial charge on any atom is -0.147 e. The van der Waals surface area contributed by atoms with Crippen molar-refractivity contribution in [1.82, 2.24) is 8.67 Å². The largest absolute Gasteiger partial charge is 0.147 e. The average molecular weight is 920 g/mol. The van der Waals surface area contributed by atoms with E-state index in [9.17, 15) is 10.2 Å². The van der Waals surface area contributed by atoms with Crippen molar-refractivity contribution in [2.24, 2.45) is 0 Å². The van der Waals surface area contributed by atoms with Gasteiger partial charge in [-0.05, 0) is 19.3 Å². The van der Waals surface area contributed by atoms with Crippen LogP contribution in [0.15, 0.2) is 115 Å². The Labute approximate surface area is 391 Å². The summed E-state index contributed by atoms with van der Waals surface area (Å²) < 4.78 is 20.2. The summed E-state index contributed by atoms with van der Waals surface area (Å²) in [5.74, 6) is 0.663. The molecular formula is C55H76ClMnN2O4. The molecule has 1 aliphatic heterocycles. The van der Waals surface area contributed by atoms with E-state index in [4.69, 9.17) is 9.47 Å². The van der Waals surface area contributed by atoms with E-state index in [-0.39, 0.29) is 34.1 Å². The van der Waals surface area contributed by atoms with Gasteiger partial charge < -0.3 is 4.74 Å². The van der Waals surface area contributed by atoms with Gasteiger partial charge in [0.25, 0.3) is 0 Å². The molecule has 6 rings (SSSR count). The Morgan fingerprint density at radius 2 is 0.841 bits per heavy atom. The SMILES string of the molecule is C1CCOCC1.CC(C)(C)c1cc(C[NH][Mn]([CH2]OC(c2ccccc2)(c2ccccc2)c2ccccc2)[NH]Cc2cc(C(C)(C)C)cc(C(C)(C)C)c2O)c(O)c(C(C)(C)C)c1.Cl. The summed E-state index contributed by atoms with van der Waals surface area (Å²) in [6, 6.07) is 40.0. The van der Waals surface area contributed by atoms with E-state index in [0.717, 1.165) is 52.2 Å². The molecule has 63 heavy (non-hydrogen) atoms. The monoisotopic (exact) mass is 918 g/mol. The van der Waals surface area contributed by atoms with Gasteiger partial charge in [-0.2, -0.15) is 0 Å². The fourth-order valence-electron chi connectivity index (χ4n) is 7.69. The first-order chi connectivity index (χ1) is 29.1. The van der Waals surface area contributed by atoms with Crippen molar-refractivity contribution in [2.45, 2.75) is 143 Å². The van der Waals surface area contributed by atoms with Crippen molar-refractivity contribution in [3.05, 3.63) is 165 Å². The summed E-state index contributed by atoms with van der Waals surface area (Å²) in [4.78, 5) is 0. The van der Waals surface area contributed by atoms with Gasteiger partial charge in [0.1, 0.15) is 0 Å². The standard InChI is InChI=1S/C20H17O.2C15H24NO.C5H10O.ClH.Mn/c1-21-20(17-11-5-2-6-12-17,18-13-7-3-8-14-18)19-15-9-4-10-16-19;2*1-14(2,3)11-7-10(9-16)13(17)12(8-11)15(4,5)6;1-2-4-6-5-3-1;;/h2-16H,1H2;2*7-8,16-17H,9H2,1-6H3;1-5H2;1H;/q;2*-1;;;+2. The molecule has 8 heteroatoms. The normalized spacial score (nSPS) is 14.0. The minimum Gasteiger partial charge on any atom is -0.147 e. The number of ether oxygens (including phenoxy) is 2. The molecule has 4 N–H and O–H groups in total. The summed E-state index contributed by atoms with van der Waals surface area (Å²) in [6.07, 6.45) is 3.93. The number of nitrogens with one attached hydrogen (secondary N) is 2. The van der Waals surface area contributed by atoms with Crippen LogP contribution in [0.3, 0.4) is 0 Å². The maximum atomic E-state index is 11.8. The van der Waals surface area contributed by atoms with E-state index in [1.54, 1.807) is 0 Å². The number of phenols is 2. The van der Waals surface area contributed by atoms with Crippen molar-refractivity contribution >= 4 is 12.4 Å². The Bertz CT molecular complexity index is 1970. The third-order valence-corrected chi connectivity index (χ3v) is 13.5. The van der Waals surface area contributed by atoms with Gasteiger partial charge in [-0.1, -0.05) is 0 Å². The Hall–Kier alpha value is -3.65. The fraction of sp³-hybridized carbons (Fsp3) is 0.455. The van der Waals surface area contributed by atoms with E-state index in [0.29, 0.717) is 30.1 Å². The number of hydrogen-bond acceptors (Lipinski definition) is 6. The second-order valence-electron chi connectivity index (χ2n) is 20.8. The van der Waals surface area contributed by atoms with Crippen LogP contribution in [0.5, 0.6) is 11.5 Å². The molecule has 0 saturated carbocycles. The Morgan fingerprint density at radius 1 is 0.492 bits per heavy atom. The summed E-state index contributed by atoms with van der Waals surface area (Å²) in [5.41, 5.74) is 7.87. The van der Waals surface area contributed by atoms with Crippen LogP contribution in [0.4, 0.5) is 0 Å².